The van der Waals surface area contributed by atoms with Crippen molar-refractivity contribution < 1.29 is 23.9 Å². The number of nitrogens with one attached hydrogen (secondary N) is 1. The Morgan fingerprint density at radius 3 is 2.21 bits per heavy atom. The maximum atomic E-state index is 13.4. The van der Waals surface area contributed by atoms with E-state index in [2.05, 4.69) is 22.2 Å². The number of amides is 2. The van der Waals surface area contributed by atoms with E-state index in [1.165, 1.54) is 0 Å². The highest BCUT2D eigenvalue weighted by Crippen LogP contribution is 2.35. The summed E-state index contributed by atoms with van der Waals surface area (Å²) in [7, 11) is 2.08. The zero-order chi connectivity index (χ0) is 31.4. The largest absolute Gasteiger partial charge is 0.444 e. The summed E-state index contributed by atoms with van der Waals surface area (Å²) in [5.74, 6) is 0.964. The fraction of sp³-hybridized carbons (Fsp3) is 0.697. The first kappa shape index (κ1) is 32.8. The molecular weight excluding hydrogens is 546 g/mol. The van der Waals surface area contributed by atoms with Gasteiger partial charge in [0.25, 0.3) is 0 Å². The van der Waals surface area contributed by atoms with Crippen LogP contribution < -0.4 is 5.32 Å². The summed E-state index contributed by atoms with van der Waals surface area (Å²) < 4.78 is 12.9. The first-order chi connectivity index (χ1) is 20.2. The summed E-state index contributed by atoms with van der Waals surface area (Å²) in [6.45, 7) is 13.7. The molecule has 10 nitrogen and oxygen atoms in total. The average Bonchev–Trinajstić information content (AvgIpc) is 3.49. The molecule has 2 fully saturated rings. The van der Waals surface area contributed by atoms with E-state index >= 15 is 0 Å². The van der Waals surface area contributed by atoms with Crippen LogP contribution in [0.4, 0.5) is 15.4 Å². The van der Waals surface area contributed by atoms with Crippen molar-refractivity contribution >= 4 is 34.8 Å². The molecule has 0 spiro atoms. The van der Waals surface area contributed by atoms with Gasteiger partial charge in [-0.1, -0.05) is 19.3 Å². The first-order valence-corrected chi connectivity index (χ1v) is 15.9. The van der Waals surface area contributed by atoms with Crippen molar-refractivity contribution in [2.24, 2.45) is 5.92 Å². The smallest absolute Gasteiger partial charge is 0.419 e. The maximum Gasteiger partial charge on any atom is 0.419 e. The van der Waals surface area contributed by atoms with Crippen LogP contribution in [0.1, 0.15) is 111 Å². The molecule has 2 saturated heterocycles. The minimum atomic E-state index is -0.631. The second-order valence-corrected chi connectivity index (χ2v) is 14.2. The number of unbranched alkanes of at least 4 members (excludes halogenated alkanes) is 2. The molecule has 0 unspecified atom stereocenters. The van der Waals surface area contributed by atoms with Gasteiger partial charge in [-0.15, -0.1) is 0 Å². The number of hydrogen-bond acceptors (Lipinski definition) is 7. The van der Waals surface area contributed by atoms with Crippen molar-refractivity contribution in [2.45, 2.75) is 117 Å². The number of anilines is 1. The average molecular weight is 598 g/mol. The highest BCUT2D eigenvalue weighted by molar-refractivity contribution is 5.95. The zero-order valence-electron chi connectivity index (χ0n) is 27.2. The Morgan fingerprint density at radius 2 is 1.58 bits per heavy atom. The number of fused-ring (bicyclic) bond motifs is 1. The van der Waals surface area contributed by atoms with Crippen LogP contribution in [0, 0.1) is 5.92 Å². The van der Waals surface area contributed by atoms with E-state index in [0.717, 1.165) is 82.1 Å². The van der Waals surface area contributed by atoms with Crippen LogP contribution in [0.15, 0.2) is 18.3 Å². The summed E-state index contributed by atoms with van der Waals surface area (Å²) in [5.41, 5.74) is 0.482. The third kappa shape index (κ3) is 9.17. The van der Waals surface area contributed by atoms with E-state index in [4.69, 9.17) is 9.47 Å². The molecule has 1 atom stereocenters. The van der Waals surface area contributed by atoms with Crippen LogP contribution in [-0.2, 0) is 14.3 Å². The molecule has 2 aromatic heterocycles. The minimum absolute atomic E-state index is 0.0800. The van der Waals surface area contributed by atoms with Crippen molar-refractivity contribution in [1.82, 2.24) is 19.4 Å². The molecule has 1 N–H and O–H groups in total. The Labute approximate surface area is 256 Å². The summed E-state index contributed by atoms with van der Waals surface area (Å²) in [5, 5.41) is 3.78. The second kappa shape index (κ2) is 13.7. The standard InChI is InChI=1S/C33H51N5O5/c1-32(2,3)42-30(40)37-18-15-23(16-19-37)12-9-8-10-14-29(39)35-28-21-26-24(22-34-28)20-27(25-13-11-17-36(25)7)38(26)31(41)43-33(4,5)6/h20-23,25H,8-19H2,1-7H3,(H,34,35,39)/t25-/m1/s1. The number of ether oxygens (including phenoxy) is 2. The van der Waals surface area contributed by atoms with Crippen LogP contribution in [0.3, 0.4) is 0 Å². The van der Waals surface area contributed by atoms with E-state index < -0.39 is 17.3 Å². The Morgan fingerprint density at radius 1 is 0.907 bits per heavy atom. The van der Waals surface area contributed by atoms with E-state index in [-0.39, 0.29) is 18.0 Å². The molecule has 0 saturated carbocycles. The Balaban J connectivity index is 1.27. The molecule has 43 heavy (non-hydrogen) atoms. The Bertz CT molecular complexity index is 1280. The van der Waals surface area contributed by atoms with E-state index in [0.29, 0.717) is 23.7 Å². The molecule has 2 amide bonds. The maximum absolute atomic E-state index is 13.4. The summed E-state index contributed by atoms with van der Waals surface area (Å²) in [4.78, 5) is 47.0. The van der Waals surface area contributed by atoms with Crippen LogP contribution in [-0.4, -0.2) is 75.3 Å². The lowest BCUT2D eigenvalue weighted by Crippen LogP contribution is -2.41. The van der Waals surface area contributed by atoms with E-state index in [9.17, 15) is 14.4 Å². The Hall–Kier alpha value is -3.14. The molecule has 4 heterocycles. The number of nitrogens with zero attached hydrogens (tertiary/aromatic N) is 4. The van der Waals surface area contributed by atoms with Crippen LogP contribution in [0.25, 0.3) is 10.9 Å². The van der Waals surface area contributed by atoms with Gasteiger partial charge in [0.05, 0.1) is 11.6 Å². The van der Waals surface area contributed by atoms with E-state index in [1.807, 2.05) is 52.5 Å². The normalized spacial score (nSPS) is 18.7. The van der Waals surface area contributed by atoms with Gasteiger partial charge in [-0.3, -0.25) is 9.69 Å². The number of rotatable bonds is 8. The highest BCUT2D eigenvalue weighted by Gasteiger charge is 2.31. The molecule has 0 aromatic carbocycles. The monoisotopic (exact) mass is 597 g/mol. The molecule has 238 valence electrons. The number of carbonyl (C=O) groups is 3. The van der Waals surface area contributed by atoms with Crippen LogP contribution in [0.2, 0.25) is 0 Å². The van der Waals surface area contributed by atoms with Gasteiger partial charge in [-0.2, -0.15) is 0 Å². The topological polar surface area (TPSA) is 106 Å². The van der Waals surface area contributed by atoms with Crippen molar-refractivity contribution in [3.8, 4) is 0 Å². The SMILES string of the molecule is CN1CCC[C@@H]1c1cc2cnc(NC(=O)CCCCCC3CCN(C(=O)OC(C)(C)C)CC3)cc2n1C(=O)OC(C)(C)C. The zero-order valence-corrected chi connectivity index (χ0v) is 27.2. The predicted molar refractivity (Wildman–Crippen MR) is 168 cm³/mol. The van der Waals surface area contributed by atoms with Gasteiger partial charge in [0.2, 0.25) is 5.91 Å². The second-order valence-electron chi connectivity index (χ2n) is 14.2. The molecule has 10 heteroatoms. The Kier molecular flexibility index (Phi) is 10.4. The van der Waals surface area contributed by atoms with Crippen LogP contribution >= 0.6 is 0 Å². The quantitative estimate of drug-likeness (QED) is 0.323. The summed E-state index contributed by atoms with van der Waals surface area (Å²) >= 11 is 0. The third-order valence-corrected chi connectivity index (χ3v) is 8.20. The lowest BCUT2D eigenvalue weighted by molar-refractivity contribution is -0.116. The number of aromatic nitrogens is 2. The summed E-state index contributed by atoms with van der Waals surface area (Å²) in [6.07, 6.45) is 9.50. The van der Waals surface area contributed by atoms with Crippen molar-refractivity contribution in [3.63, 3.8) is 0 Å². The number of hydrogen-bond donors (Lipinski definition) is 1. The number of likely N-dealkylation sites (tertiary alicyclic amines) is 2. The predicted octanol–water partition coefficient (Wildman–Crippen LogP) is 7.12. The fourth-order valence-corrected chi connectivity index (χ4v) is 6.06. The molecule has 0 bridgehead atoms. The van der Waals surface area contributed by atoms with Crippen molar-refractivity contribution in [1.29, 1.82) is 0 Å². The van der Waals surface area contributed by atoms with Crippen molar-refractivity contribution in [3.05, 3.63) is 24.0 Å². The molecule has 2 aliphatic rings. The third-order valence-electron chi connectivity index (χ3n) is 8.20. The molecule has 4 rings (SSSR count). The molecular formula is C33H51N5O5. The summed E-state index contributed by atoms with van der Waals surface area (Å²) in [6, 6.07) is 3.92. The van der Waals surface area contributed by atoms with Gasteiger partial charge in [-0.25, -0.2) is 19.1 Å². The van der Waals surface area contributed by atoms with Gasteiger partial charge in [0.15, 0.2) is 0 Å². The van der Waals surface area contributed by atoms with Gasteiger partial charge < -0.3 is 19.7 Å². The van der Waals surface area contributed by atoms with Gasteiger partial charge in [-0.05, 0) is 99.2 Å². The van der Waals surface area contributed by atoms with Gasteiger partial charge in [0.1, 0.15) is 17.0 Å². The number of pyridine rings is 1. The fourth-order valence-electron chi connectivity index (χ4n) is 6.06. The highest BCUT2D eigenvalue weighted by atomic mass is 16.6. The van der Waals surface area contributed by atoms with Crippen molar-refractivity contribution in [2.75, 3.05) is 32.0 Å². The molecule has 2 aromatic rings. The minimum Gasteiger partial charge on any atom is -0.444 e. The lowest BCUT2D eigenvalue weighted by atomic mass is 9.91. The number of carbonyl (C=O) groups excluding carboxylic acids is 3. The van der Waals surface area contributed by atoms with E-state index in [1.54, 1.807) is 16.8 Å². The molecule has 0 radical (unpaired) electrons. The lowest BCUT2D eigenvalue weighted by Gasteiger charge is -2.33. The van der Waals surface area contributed by atoms with Crippen LogP contribution in [0.5, 0.6) is 0 Å². The number of piperidine rings is 1. The molecule has 2 aliphatic heterocycles. The van der Waals surface area contributed by atoms with Gasteiger partial charge in [0, 0.05) is 42.9 Å². The molecule has 0 aliphatic carbocycles. The first-order valence-electron chi connectivity index (χ1n) is 15.9. The van der Waals surface area contributed by atoms with Gasteiger partial charge >= 0.3 is 12.2 Å².